The molecule has 0 aromatic carbocycles. The van der Waals surface area contributed by atoms with E-state index >= 15 is 0 Å². The first-order valence-electron chi connectivity index (χ1n) is 6.72. The number of nitrogens with two attached hydrogens (primary N) is 1. The molecule has 1 fully saturated rings. The van der Waals surface area contributed by atoms with Gasteiger partial charge in [0.25, 0.3) is 5.91 Å². The molecule has 1 aliphatic rings. The maximum Gasteiger partial charge on any atom is 0.254 e. The molecule has 20 heavy (non-hydrogen) atoms. The topological polar surface area (TPSA) is 74.5 Å². The Kier molecular flexibility index (Phi) is 4.80. The summed E-state index contributed by atoms with van der Waals surface area (Å²) in [6, 6.07) is 3.55. The van der Waals surface area contributed by atoms with Crippen LogP contribution >= 0.6 is 11.6 Å². The van der Waals surface area contributed by atoms with E-state index in [0.29, 0.717) is 17.4 Å². The van der Waals surface area contributed by atoms with Crippen molar-refractivity contribution in [2.45, 2.75) is 19.9 Å². The van der Waals surface area contributed by atoms with Gasteiger partial charge in [-0.05, 0) is 25.6 Å². The number of carbonyl (C=O) groups is 1. The highest BCUT2D eigenvalue weighted by atomic mass is 35.5. The SMILES string of the molecule is CCN1CCN(C(=O)c2cc(Cl)nc(NN)c2)CC1C. The average molecular weight is 298 g/mol. The van der Waals surface area contributed by atoms with Gasteiger partial charge in [0.2, 0.25) is 0 Å². The second kappa shape index (κ2) is 6.39. The molecule has 1 aromatic rings. The first-order chi connectivity index (χ1) is 9.55. The van der Waals surface area contributed by atoms with Gasteiger partial charge < -0.3 is 10.3 Å². The molecular formula is C13H20ClN5O. The van der Waals surface area contributed by atoms with Crippen LogP contribution in [0.1, 0.15) is 24.2 Å². The second-order valence-corrected chi connectivity index (χ2v) is 5.32. The van der Waals surface area contributed by atoms with Crippen molar-refractivity contribution < 1.29 is 4.79 Å². The molecule has 0 bridgehead atoms. The van der Waals surface area contributed by atoms with Gasteiger partial charge in [-0.1, -0.05) is 18.5 Å². The minimum absolute atomic E-state index is 0.0339. The molecule has 1 atom stereocenters. The number of nitrogens with one attached hydrogen (secondary N) is 1. The lowest BCUT2D eigenvalue weighted by molar-refractivity contribution is 0.0528. The van der Waals surface area contributed by atoms with Gasteiger partial charge in [0, 0.05) is 31.2 Å². The smallest absolute Gasteiger partial charge is 0.254 e. The summed E-state index contributed by atoms with van der Waals surface area (Å²) < 4.78 is 0. The minimum Gasteiger partial charge on any atom is -0.336 e. The Hall–Kier alpha value is -1.37. The van der Waals surface area contributed by atoms with E-state index < -0.39 is 0 Å². The number of hydrogen-bond donors (Lipinski definition) is 2. The van der Waals surface area contributed by atoms with Crippen LogP contribution in [-0.4, -0.2) is 52.9 Å². The third-order valence-corrected chi connectivity index (χ3v) is 3.84. The lowest BCUT2D eigenvalue weighted by Crippen LogP contribution is -2.53. The number of nitrogens with zero attached hydrogens (tertiary/aromatic N) is 3. The number of hydrogen-bond acceptors (Lipinski definition) is 5. The van der Waals surface area contributed by atoms with Gasteiger partial charge >= 0.3 is 0 Å². The number of aromatic nitrogens is 1. The Morgan fingerprint density at radius 2 is 2.30 bits per heavy atom. The Balaban J connectivity index is 2.14. The van der Waals surface area contributed by atoms with E-state index in [1.807, 2.05) is 4.90 Å². The number of pyridine rings is 1. The molecule has 2 rings (SSSR count). The molecular weight excluding hydrogens is 278 g/mol. The van der Waals surface area contributed by atoms with Gasteiger partial charge in [-0.15, -0.1) is 0 Å². The first kappa shape index (κ1) is 15.0. The zero-order valence-electron chi connectivity index (χ0n) is 11.8. The van der Waals surface area contributed by atoms with Crippen molar-refractivity contribution in [2.75, 3.05) is 31.6 Å². The van der Waals surface area contributed by atoms with Crippen molar-refractivity contribution in [1.82, 2.24) is 14.8 Å². The monoisotopic (exact) mass is 297 g/mol. The molecule has 1 unspecified atom stereocenters. The van der Waals surface area contributed by atoms with Crippen molar-refractivity contribution in [3.63, 3.8) is 0 Å². The zero-order valence-corrected chi connectivity index (χ0v) is 12.5. The van der Waals surface area contributed by atoms with E-state index in [9.17, 15) is 4.79 Å². The fraction of sp³-hybridized carbons (Fsp3) is 0.538. The summed E-state index contributed by atoms with van der Waals surface area (Å²) in [5.74, 6) is 5.68. The quantitative estimate of drug-likeness (QED) is 0.498. The Labute approximate surface area is 123 Å². The fourth-order valence-electron chi connectivity index (χ4n) is 2.53. The van der Waals surface area contributed by atoms with Gasteiger partial charge in [-0.3, -0.25) is 9.69 Å². The van der Waals surface area contributed by atoms with Crippen LogP contribution in [-0.2, 0) is 0 Å². The van der Waals surface area contributed by atoms with E-state index in [1.54, 1.807) is 12.1 Å². The highest BCUT2D eigenvalue weighted by Crippen LogP contribution is 2.18. The maximum absolute atomic E-state index is 12.5. The molecule has 1 aromatic heterocycles. The van der Waals surface area contributed by atoms with Crippen molar-refractivity contribution in [3.8, 4) is 0 Å². The Morgan fingerprint density at radius 3 is 2.90 bits per heavy atom. The standard InChI is InChI=1S/C13H20ClN5O/c1-3-18-4-5-19(8-9(18)2)13(20)10-6-11(14)16-12(7-10)17-15/h6-7,9H,3-5,8,15H2,1-2H3,(H,16,17). The molecule has 7 heteroatoms. The van der Waals surface area contributed by atoms with Crippen LogP contribution in [0, 0.1) is 0 Å². The summed E-state index contributed by atoms with van der Waals surface area (Å²) in [7, 11) is 0. The largest absolute Gasteiger partial charge is 0.336 e. The zero-order chi connectivity index (χ0) is 14.7. The van der Waals surface area contributed by atoms with Crippen LogP contribution < -0.4 is 11.3 Å². The minimum atomic E-state index is -0.0339. The van der Waals surface area contributed by atoms with E-state index in [0.717, 1.165) is 26.2 Å². The number of carbonyl (C=O) groups excluding carboxylic acids is 1. The first-order valence-corrected chi connectivity index (χ1v) is 7.10. The van der Waals surface area contributed by atoms with Crippen LogP contribution in [0.2, 0.25) is 5.15 Å². The molecule has 1 amide bonds. The molecule has 110 valence electrons. The number of piperazine rings is 1. The summed E-state index contributed by atoms with van der Waals surface area (Å²) in [4.78, 5) is 20.7. The van der Waals surface area contributed by atoms with Gasteiger partial charge in [-0.25, -0.2) is 10.8 Å². The van der Waals surface area contributed by atoms with E-state index in [2.05, 4.69) is 29.2 Å². The predicted molar refractivity (Wildman–Crippen MR) is 79.7 cm³/mol. The van der Waals surface area contributed by atoms with Gasteiger partial charge in [0.15, 0.2) is 0 Å². The molecule has 1 saturated heterocycles. The second-order valence-electron chi connectivity index (χ2n) is 4.94. The number of nitrogen functional groups attached to an aromatic ring is 1. The van der Waals surface area contributed by atoms with Gasteiger partial charge in [0.1, 0.15) is 11.0 Å². The predicted octanol–water partition coefficient (Wildman–Crippen LogP) is 1.19. The van der Waals surface area contributed by atoms with Crippen LogP contribution in [0.3, 0.4) is 0 Å². The molecule has 6 nitrogen and oxygen atoms in total. The summed E-state index contributed by atoms with van der Waals surface area (Å²) in [5.41, 5.74) is 2.93. The van der Waals surface area contributed by atoms with Gasteiger partial charge in [-0.2, -0.15) is 0 Å². The number of hydrazine groups is 1. The van der Waals surface area contributed by atoms with Crippen molar-refractivity contribution in [3.05, 3.63) is 22.8 Å². The third-order valence-electron chi connectivity index (χ3n) is 3.65. The summed E-state index contributed by atoms with van der Waals surface area (Å²) >= 11 is 5.90. The molecule has 2 heterocycles. The highest BCUT2D eigenvalue weighted by Gasteiger charge is 2.26. The number of likely N-dealkylation sites (N-methyl/N-ethyl adjacent to an activating group) is 1. The molecule has 3 N–H and O–H groups in total. The molecule has 0 aliphatic carbocycles. The van der Waals surface area contributed by atoms with Crippen molar-refractivity contribution in [2.24, 2.45) is 5.84 Å². The molecule has 1 aliphatic heterocycles. The molecule has 0 saturated carbocycles. The Bertz CT molecular complexity index is 496. The fourth-order valence-corrected chi connectivity index (χ4v) is 2.73. The highest BCUT2D eigenvalue weighted by molar-refractivity contribution is 6.29. The van der Waals surface area contributed by atoms with E-state index in [1.165, 1.54) is 0 Å². The Morgan fingerprint density at radius 1 is 1.55 bits per heavy atom. The van der Waals surface area contributed by atoms with E-state index in [4.69, 9.17) is 17.4 Å². The lowest BCUT2D eigenvalue weighted by Gasteiger charge is -2.39. The average Bonchev–Trinajstić information content (AvgIpc) is 2.45. The van der Waals surface area contributed by atoms with Crippen LogP contribution in [0.5, 0.6) is 0 Å². The maximum atomic E-state index is 12.5. The van der Waals surface area contributed by atoms with Crippen molar-refractivity contribution in [1.29, 1.82) is 0 Å². The van der Waals surface area contributed by atoms with Crippen LogP contribution in [0.4, 0.5) is 5.82 Å². The normalized spacial score (nSPS) is 20.0. The molecule has 0 radical (unpaired) electrons. The molecule has 0 spiro atoms. The van der Waals surface area contributed by atoms with Gasteiger partial charge in [0.05, 0.1) is 0 Å². The van der Waals surface area contributed by atoms with E-state index in [-0.39, 0.29) is 11.1 Å². The van der Waals surface area contributed by atoms with Crippen molar-refractivity contribution >= 4 is 23.3 Å². The number of halogens is 1. The summed E-state index contributed by atoms with van der Waals surface area (Å²) in [6.45, 7) is 7.61. The van der Waals surface area contributed by atoms with Crippen LogP contribution in [0.15, 0.2) is 12.1 Å². The summed E-state index contributed by atoms with van der Waals surface area (Å²) in [5, 5.41) is 0.254. The summed E-state index contributed by atoms with van der Waals surface area (Å²) in [6.07, 6.45) is 0. The number of anilines is 1. The number of rotatable bonds is 3. The number of amides is 1. The van der Waals surface area contributed by atoms with Crippen LogP contribution in [0.25, 0.3) is 0 Å². The third kappa shape index (κ3) is 3.20. The lowest BCUT2D eigenvalue weighted by atomic mass is 10.1.